The number of nitrogens with zero attached hydrogens (tertiary/aromatic N) is 1. The molecule has 0 unspecified atom stereocenters. The molecule has 22 heavy (non-hydrogen) atoms. The molecule has 0 amide bonds. The Kier molecular flexibility index (Phi) is 7.18. The number of alkyl halides is 4. The van der Waals surface area contributed by atoms with E-state index in [1.807, 2.05) is 4.90 Å². The zero-order valence-electron chi connectivity index (χ0n) is 11.5. The van der Waals surface area contributed by atoms with Crippen molar-refractivity contribution in [2.45, 2.75) is 12.4 Å². The standard InChI is InChI=1S/C13H15ClF4N2O.ClH/c14-10-7-9(1-2-12(10)21-13(16,17)18)11(8-15)20-5-3-19-4-6-20;/h1-2,7,11,19H,3-6,8H2;1H/t11-;/m0./s1. The van der Waals surface area contributed by atoms with Gasteiger partial charge in [-0.2, -0.15) is 0 Å². The van der Waals surface area contributed by atoms with E-state index < -0.39 is 24.8 Å². The van der Waals surface area contributed by atoms with Crippen LogP contribution in [-0.2, 0) is 0 Å². The summed E-state index contributed by atoms with van der Waals surface area (Å²) >= 11 is 5.80. The van der Waals surface area contributed by atoms with E-state index in [1.165, 1.54) is 12.1 Å². The van der Waals surface area contributed by atoms with Crippen molar-refractivity contribution in [1.29, 1.82) is 0 Å². The molecular formula is C13H16Cl2F4N2O. The fraction of sp³-hybridized carbons (Fsp3) is 0.538. The van der Waals surface area contributed by atoms with Gasteiger partial charge in [0.25, 0.3) is 0 Å². The molecular weight excluding hydrogens is 347 g/mol. The van der Waals surface area contributed by atoms with E-state index in [4.69, 9.17) is 11.6 Å². The second kappa shape index (κ2) is 8.19. The summed E-state index contributed by atoms with van der Waals surface area (Å²) in [6.07, 6.45) is -4.80. The third kappa shape index (κ3) is 5.15. The van der Waals surface area contributed by atoms with Crippen LogP contribution in [0.4, 0.5) is 17.6 Å². The summed E-state index contributed by atoms with van der Waals surface area (Å²) in [5.41, 5.74) is 0.541. The molecule has 1 N–H and O–H groups in total. The Bertz CT molecular complexity index is 482. The number of nitrogens with one attached hydrogen (secondary N) is 1. The van der Waals surface area contributed by atoms with Gasteiger partial charge in [0.1, 0.15) is 12.4 Å². The topological polar surface area (TPSA) is 24.5 Å². The first kappa shape index (κ1) is 19.3. The predicted molar refractivity (Wildman–Crippen MR) is 78.5 cm³/mol. The molecule has 0 bridgehead atoms. The lowest BCUT2D eigenvalue weighted by Gasteiger charge is -2.33. The van der Waals surface area contributed by atoms with Crippen LogP contribution in [0.2, 0.25) is 5.02 Å². The molecule has 2 rings (SSSR count). The van der Waals surface area contributed by atoms with E-state index in [0.29, 0.717) is 18.7 Å². The van der Waals surface area contributed by atoms with Crippen LogP contribution >= 0.6 is 24.0 Å². The van der Waals surface area contributed by atoms with Gasteiger partial charge in [0.05, 0.1) is 11.1 Å². The Hall–Kier alpha value is -0.760. The van der Waals surface area contributed by atoms with Crippen LogP contribution in [0.5, 0.6) is 5.75 Å². The van der Waals surface area contributed by atoms with E-state index in [0.717, 1.165) is 19.2 Å². The van der Waals surface area contributed by atoms with E-state index in [9.17, 15) is 17.6 Å². The quantitative estimate of drug-likeness (QED) is 0.828. The first-order valence-corrected chi connectivity index (χ1v) is 6.84. The molecule has 1 fully saturated rings. The van der Waals surface area contributed by atoms with Gasteiger partial charge in [-0.05, 0) is 17.7 Å². The summed E-state index contributed by atoms with van der Waals surface area (Å²) < 4.78 is 53.7. The summed E-state index contributed by atoms with van der Waals surface area (Å²) in [4.78, 5) is 1.94. The average Bonchev–Trinajstić information content (AvgIpc) is 2.42. The molecule has 1 atom stereocenters. The molecule has 1 aromatic carbocycles. The van der Waals surface area contributed by atoms with Crippen molar-refractivity contribution >= 4 is 24.0 Å². The van der Waals surface area contributed by atoms with Gasteiger partial charge in [-0.25, -0.2) is 4.39 Å². The number of hydrogen-bond acceptors (Lipinski definition) is 3. The summed E-state index contributed by atoms with van der Waals surface area (Å²) in [6, 6.07) is 3.36. The van der Waals surface area contributed by atoms with Gasteiger partial charge >= 0.3 is 6.36 Å². The molecule has 1 aliphatic rings. The molecule has 0 saturated carbocycles. The molecule has 1 heterocycles. The molecule has 9 heteroatoms. The normalized spacial score (nSPS) is 17.7. The minimum Gasteiger partial charge on any atom is -0.404 e. The molecule has 0 radical (unpaired) electrons. The minimum absolute atomic E-state index is 0. The first-order valence-electron chi connectivity index (χ1n) is 6.46. The van der Waals surface area contributed by atoms with Crippen LogP contribution in [0.15, 0.2) is 18.2 Å². The summed E-state index contributed by atoms with van der Waals surface area (Å²) in [7, 11) is 0. The van der Waals surface area contributed by atoms with Crippen molar-refractivity contribution in [3.63, 3.8) is 0 Å². The molecule has 0 aromatic heterocycles. The van der Waals surface area contributed by atoms with Crippen molar-refractivity contribution in [2.24, 2.45) is 0 Å². The molecule has 3 nitrogen and oxygen atoms in total. The zero-order valence-corrected chi connectivity index (χ0v) is 13.1. The number of halogens is 6. The predicted octanol–water partition coefficient (Wildman–Crippen LogP) is 3.58. The lowest BCUT2D eigenvalue weighted by molar-refractivity contribution is -0.274. The van der Waals surface area contributed by atoms with Gasteiger partial charge in [-0.15, -0.1) is 25.6 Å². The van der Waals surface area contributed by atoms with Gasteiger partial charge in [0.15, 0.2) is 0 Å². The van der Waals surface area contributed by atoms with Crippen LogP contribution < -0.4 is 10.1 Å². The Morgan fingerprint density at radius 1 is 1.27 bits per heavy atom. The summed E-state index contributed by atoms with van der Waals surface area (Å²) in [5, 5.41) is 2.97. The van der Waals surface area contributed by atoms with E-state index >= 15 is 0 Å². The van der Waals surface area contributed by atoms with Crippen LogP contribution in [0.25, 0.3) is 0 Å². The average molecular weight is 363 g/mol. The highest BCUT2D eigenvalue weighted by atomic mass is 35.5. The highest BCUT2D eigenvalue weighted by Crippen LogP contribution is 2.33. The Balaban J connectivity index is 0.00000242. The van der Waals surface area contributed by atoms with Crippen molar-refractivity contribution in [3.8, 4) is 5.75 Å². The maximum absolute atomic E-state index is 13.3. The minimum atomic E-state index is -4.80. The molecule has 1 aromatic rings. The third-order valence-corrected chi connectivity index (χ3v) is 3.60. The lowest BCUT2D eigenvalue weighted by Crippen LogP contribution is -2.45. The monoisotopic (exact) mass is 362 g/mol. The molecule has 126 valence electrons. The molecule has 0 spiro atoms. The number of hydrogen-bond donors (Lipinski definition) is 1. The first-order chi connectivity index (χ1) is 9.90. The Morgan fingerprint density at radius 2 is 1.91 bits per heavy atom. The van der Waals surface area contributed by atoms with Gasteiger partial charge in [-0.1, -0.05) is 17.7 Å². The molecule has 0 aliphatic carbocycles. The molecule has 1 aliphatic heterocycles. The Morgan fingerprint density at radius 3 is 2.41 bits per heavy atom. The SMILES string of the molecule is Cl.FC[C@@H](c1ccc(OC(F)(F)F)c(Cl)c1)N1CCNCC1. The van der Waals surface area contributed by atoms with Crippen LogP contribution in [0, 0.1) is 0 Å². The van der Waals surface area contributed by atoms with Gasteiger partial charge in [0.2, 0.25) is 0 Å². The number of rotatable bonds is 4. The van der Waals surface area contributed by atoms with Crippen LogP contribution in [-0.4, -0.2) is 44.1 Å². The smallest absolute Gasteiger partial charge is 0.404 e. The van der Waals surface area contributed by atoms with E-state index in [2.05, 4.69) is 10.1 Å². The summed E-state index contributed by atoms with van der Waals surface area (Å²) in [5.74, 6) is -0.481. The van der Waals surface area contributed by atoms with Gasteiger partial charge in [0, 0.05) is 26.2 Å². The highest BCUT2D eigenvalue weighted by Gasteiger charge is 2.32. The van der Waals surface area contributed by atoms with Crippen LogP contribution in [0.3, 0.4) is 0 Å². The summed E-state index contributed by atoms with van der Waals surface area (Å²) in [6.45, 7) is 2.22. The van der Waals surface area contributed by atoms with Gasteiger partial charge < -0.3 is 10.1 Å². The third-order valence-electron chi connectivity index (χ3n) is 3.30. The fourth-order valence-corrected chi connectivity index (χ4v) is 2.55. The number of ether oxygens (including phenoxy) is 1. The molecule has 1 saturated heterocycles. The van der Waals surface area contributed by atoms with Crippen LogP contribution in [0.1, 0.15) is 11.6 Å². The highest BCUT2D eigenvalue weighted by molar-refractivity contribution is 6.32. The van der Waals surface area contributed by atoms with E-state index in [-0.39, 0.29) is 17.4 Å². The maximum atomic E-state index is 13.3. The number of benzene rings is 1. The number of piperazine rings is 1. The Labute approximate surface area is 137 Å². The largest absolute Gasteiger partial charge is 0.573 e. The van der Waals surface area contributed by atoms with Gasteiger partial charge in [-0.3, -0.25) is 4.90 Å². The van der Waals surface area contributed by atoms with Crippen molar-refractivity contribution in [3.05, 3.63) is 28.8 Å². The fourth-order valence-electron chi connectivity index (χ4n) is 2.32. The van der Waals surface area contributed by atoms with Crippen molar-refractivity contribution < 1.29 is 22.3 Å². The lowest BCUT2D eigenvalue weighted by atomic mass is 10.1. The second-order valence-corrected chi connectivity index (χ2v) is 5.10. The van der Waals surface area contributed by atoms with Crippen molar-refractivity contribution in [2.75, 3.05) is 32.9 Å². The van der Waals surface area contributed by atoms with Crippen molar-refractivity contribution in [1.82, 2.24) is 10.2 Å². The van der Waals surface area contributed by atoms with E-state index in [1.54, 1.807) is 0 Å². The second-order valence-electron chi connectivity index (χ2n) is 4.69. The zero-order chi connectivity index (χ0) is 15.5. The maximum Gasteiger partial charge on any atom is 0.573 e.